The van der Waals surface area contributed by atoms with Gasteiger partial charge in [0.2, 0.25) is 5.91 Å². The molecule has 0 aromatic rings. The predicted molar refractivity (Wildman–Crippen MR) is 112 cm³/mol. The van der Waals surface area contributed by atoms with Crippen molar-refractivity contribution in [2.75, 3.05) is 13.7 Å². The Hall–Kier alpha value is -1.14. The monoisotopic (exact) mass is 407 g/mol. The first kappa shape index (κ1) is 21.6. The molecule has 1 heterocycles. The van der Waals surface area contributed by atoms with Crippen molar-refractivity contribution in [1.82, 2.24) is 4.90 Å². The Labute approximate surface area is 171 Å². The molecule has 0 N–H and O–H groups in total. The zero-order valence-electron chi connectivity index (χ0n) is 18.4. The second-order valence-electron chi connectivity index (χ2n) is 10.4. The number of esters is 1. The van der Waals surface area contributed by atoms with E-state index in [9.17, 15) is 9.59 Å². The predicted octanol–water partition coefficient (Wildman–Crippen LogP) is 4.14. The molecule has 5 atom stereocenters. The van der Waals surface area contributed by atoms with Crippen LogP contribution in [-0.4, -0.2) is 50.9 Å². The lowest BCUT2D eigenvalue weighted by Crippen LogP contribution is -2.55. The van der Waals surface area contributed by atoms with Gasteiger partial charge in [-0.05, 0) is 55.7 Å². The van der Waals surface area contributed by atoms with Gasteiger partial charge in [0, 0.05) is 18.5 Å². The highest BCUT2D eigenvalue weighted by atomic mass is 28.4. The van der Waals surface area contributed by atoms with Crippen LogP contribution in [0.1, 0.15) is 52.9 Å². The van der Waals surface area contributed by atoms with Gasteiger partial charge in [0.15, 0.2) is 8.32 Å². The standard InChI is InChI=1S/C22H37NO4Si/c1-22(2,3)28(5,6)27-18-10-9-17(13-20(24)26-4)23(14-18)21(25)19-12-15-7-8-16(19)11-15/h7-8,15-19H,9-14H2,1-6H3/t15-,16+,17-,18-,19-/m0/s1. The summed E-state index contributed by atoms with van der Waals surface area (Å²) in [5, 5.41) is 0.139. The molecule has 5 nitrogen and oxygen atoms in total. The largest absolute Gasteiger partial charge is 0.469 e. The minimum absolute atomic E-state index is 0.0628. The Morgan fingerprint density at radius 1 is 1.14 bits per heavy atom. The van der Waals surface area contributed by atoms with Gasteiger partial charge >= 0.3 is 5.97 Å². The summed E-state index contributed by atoms with van der Waals surface area (Å²) in [5.41, 5.74) is 0. The Morgan fingerprint density at radius 3 is 2.39 bits per heavy atom. The van der Waals surface area contributed by atoms with Gasteiger partial charge in [-0.15, -0.1) is 0 Å². The van der Waals surface area contributed by atoms with E-state index in [-0.39, 0.29) is 41.4 Å². The van der Waals surface area contributed by atoms with Crippen LogP contribution in [0.5, 0.6) is 0 Å². The molecule has 1 amide bonds. The molecule has 6 heteroatoms. The number of ether oxygens (including phenoxy) is 1. The Kier molecular flexibility index (Phi) is 6.11. The van der Waals surface area contributed by atoms with Crippen LogP contribution in [-0.2, 0) is 18.8 Å². The van der Waals surface area contributed by atoms with Crippen molar-refractivity contribution in [3.05, 3.63) is 12.2 Å². The Balaban J connectivity index is 1.74. The fourth-order valence-electron chi connectivity index (χ4n) is 4.72. The molecule has 28 heavy (non-hydrogen) atoms. The molecule has 3 aliphatic rings. The number of carbonyl (C=O) groups excluding carboxylic acids is 2. The first-order valence-corrected chi connectivity index (χ1v) is 13.7. The number of amides is 1. The van der Waals surface area contributed by atoms with Crippen LogP contribution in [0.3, 0.4) is 0 Å². The van der Waals surface area contributed by atoms with E-state index < -0.39 is 8.32 Å². The number of hydrogen-bond acceptors (Lipinski definition) is 4. The first-order chi connectivity index (χ1) is 13.0. The summed E-state index contributed by atoms with van der Waals surface area (Å²) in [4.78, 5) is 27.4. The van der Waals surface area contributed by atoms with Gasteiger partial charge in [0.05, 0.1) is 19.6 Å². The maximum Gasteiger partial charge on any atom is 0.307 e. The van der Waals surface area contributed by atoms with Crippen molar-refractivity contribution in [2.45, 2.75) is 83.2 Å². The molecular formula is C22H37NO4Si. The number of methoxy groups -OCH3 is 1. The SMILES string of the molecule is COC(=O)C[C@@H]1CC[C@H](O[Si](C)(C)C(C)(C)C)CN1C(=O)[C@H]1C[C@H]2C=C[C@@H]1C2. The van der Waals surface area contributed by atoms with Gasteiger partial charge in [0.1, 0.15) is 0 Å². The van der Waals surface area contributed by atoms with Crippen molar-refractivity contribution >= 4 is 20.2 Å². The third-order valence-electron chi connectivity index (χ3n) is 7.44. The normalized spacial score (nSPS) is 32.6. The average molecular weight is 408 g/mol. The second kappa shape index (κ2) is 7.94. The lowest BCUT2D eigenvalue weighted by atomic mass is 9.89. The number of nitrogens with zero attached hydrogens (tertiary/aromatic N) is 1. The van der Waals surface area contributed by atoms with E-state index in [0.717, 1.165) is 25.7 Å². The average Bonchev–Trinajstić information content (AvgIpc) is 3.24. The zero-order valence-corrected chi connectivity index (χ0v) is 19.4. The second-order valence-corrected chi connectivity index (χ2v) is 15.1. The van der Waals surface area contributed by atoms with Crippen LogP contribution in [0.4, 0.5) is 0 Å². The molecule has 0 unspecified atom stereocenters. The van der Waals surface area contributed by atoms with Crippen LogP contribution in [0.25, 0.3) is 0 Å². The topological polar surface area (TPSA) is 55.8 Å². The number of hydrogen-bond donors (Lipinski definition) is 0. The summed E-state index contributed by atoms with van der Waals surface area (Å²) in [6.07, 6.45) is 8.59. The van der Waals surface area contributed by atoms with Crippen LogP contribution in [0.2, 0.25) is 18.1 Å². The number of allylic oxidation sites excluding steroid dienone is 2. The molecule has 2 bridgehead atoms. The molecule has 0 spiro atoms. The fourth-order valence-corrected chi connectivity index (χ4v) is 6.10. The molecule has 1 aliphatic heterocycles. The highest BCUT2D eigenvalue weighted by Crippen LogP contribution is 2.45. The van der Waals surface area contributed by atoms with Crippen LogP contribution < -0.4 is 0 Å². The van der Waals surface area contributed by atoms with Crippen molar-refractivity contribution in [2.24, 2.45) is 17.8 Å². The summed E-state index contributed by atoms with van der Waals surface area (Å²) in [5.74, 6) is 0.982. The third kappa shape index (κ3) is 4.38. The maximum atomic E-state index is 13.5. The summed E-state index contributed by atoms with van der Waals surface area (Å²) in [7, 11) is -0.485. The molecule has 1 saturated heterocycles. The Bertz CT molecular complexity index is 639. The number of carbonyl (C=O) groups is 2. The van der Waals surface area contributed by atoms with E-state index in [1.54, 1.807) is 0 Å². The van der Waals surface area contributed by atoms with E-state index in [1.165, 1.54) is 7.11 Å². The van der Waals surface area contributed by atoms with E-state index in [2.05, 4.69) is 46.0 Å². The van der Waals surface area contributed by atoms with E-state index >= 15 is 0 Å². The fraction of sp³-hybridized carbons (Fsp3) is 0.818. The van der Waals surface area contributed by atoms with Crippen LogP contribution >= 0.6 is 0 Å². The number of rotatable bonds is 5. The molecule has 2 fully saturated rings. The van der Waals surface area contributed by atoms with Gasteiger partial charge in [-0.3, -0.25) is 9.59 Å². The molecule has 0 aromatic heterocycles. The molecular weight excluding hydrogens is 370 g/mol. The van der Waals surface area contributed by atoms with Crippen molar-refractivity contribution in [1.29, 1.82) is 0 Å². The van der Waals surface area contributed by atoms with Gasteiger partial charge in [-0.1, -0.05) is 32.9 Å². The van der Waals surface area contributed by atoms with Crippen molar-refractivity contribution in [3.8, 4) is 0 Å². The van der Waals surface area contributed by atoms with Crippen LogP contribution in [0.15, 0.2) is 12.2 Å². The molecule has 0 radical (unpaired) electrons. The smallest absolute Gasteiger partial charge is 0.307 e. The van der Waals surface area contributed by atoms with E-state index in [1.807, 2.05) is 4.90 Å². The lowest BCUT2D eigenvalue weighted by Gasteiger charge is -2.45. The molecule has 2 aliphatic carbocycles. The number of likely N-dealkylation sites (tertiary alicyclic amines) is 1. The lowest BCUT2D eigenvalue weighted by molar-refractivity contribution is -0.148. The Morgan fingerprint density at radius 2 is 1.86 bits per heavy atom. The van der Waals surface area contributed by atoms with Gasteiger partial charge in [0.25, 0.3) is 0 Å². The molecule has 0 aromatic carbocycles. The quantitative estimate of drug-likeness (QED) is 0.390. The molecule has 1 saturated carbocycles. The maximum absolute atomic E-state index is 13.5. The zero-order chi connectivity index (χ0) is 20.7. The minimum Gasteiger partial charge on any atom is -0.469 e. The van der Waals surface area contributed by atoms with Gasteiger partial charge in [-0.2, -0.15) is 0 Å². The van der Waals surface area contributed by atoms with Crippen molar-refractivity contribution in [3.63, 3.8) is 0 Å². The first-order valence-electron chi connectivity index (χ1n) is 10.8. The molecule has 3 rings (SSSR count). The number of fused-ring (bicyclic) bond motifs is 2. The van der Waals surface area contributed by atoms with Crippen LogP contribution in [0, 0.1) is 17.8 Å². The molecule has 158 valence electrons. The number of piperidine rings is 1. The van der Waals surface area contributed by atoms with E-state index in [4.69, 9.17) is 9.16 Å². The van der Waals surface area contributed by atoms with Gasteiger partial charge in [-0.25, -0.2) is 0 Å². The van der Waals surface area contributed by atoms with Gasteiger partial charge < -0.3 is 14.1 Å². The minimum atomic E-state index is -1.90. The third-order valence-corrected chi connectivity index (χ3v) is 12.0. The summed E-state index contributed by atoms with van der Waals surface area (Å²) >= 11 is 0. The summed E-state index contributed by atoms with van der Waals surface area (Å²) in [6.45, 7) is 11.9. The van der Waals surface area contributed by atoms with E-state index in [0.29, 0.717) is 18.4 Å². The highest BCUT2D eigenvalue weighted by Gasteiger charge is 2.46. The van der Waals surface area contributed by atoms with Crippen molar-refractivity contribution < 1.29 is 18.8 Å². The highest BCUT2D eigenvalue weighted by molar-refractivity contribution is 6.74. The summed E-state index contributed by atoms with van der Waals surface area (Å²) < 4.78 is 11.5. The summed E-state index contributed by atoms with van der Waals surface area (Å²) in [6, 6.07) is -0.0673.